The number of allylic oxidation sites excluding steroid dienone is 1. The van der Waals surface area contributed by atoms with Crippen LogP contribution in [-0.2, 0) is 0 Å². The standard InChI is InChI=1S/C17H16O3/c1-19-14-9-11-17(20-2)15(12-14)16(18)10-8-13-6-4-3-5-7-13/h3-12H,1-2H3/b10-8+. The van der Waals surface area contributed by atoms with Gasteiger partial charge >= 0.3 is 0 Å². The molecule has 0 aliphatic carbocycles. The van der Waals surface area contributed by atoms with Crippen molar-refractivity contribution in [3.63, 3.8) is 0 Å². The lowest BCUT2D eigenvalue weighted by Gasteiger charge is -2.07. The Balaban J connectivity index is 2.26. The molecule has 0 aliphatic rings. The molecule has 102 valence electrons. The molecule has 0 fully saturated rings. The minimum atomic E-state index is -0.121. The zero-order valence-electron chi connectivity index (χ0n) is 11.5. The van der Waals surface area contributed by atoms with E-state index in [2.05, 4.69) is 0 Å². The van der Waals surface area contributed by atoms with Crippen LogP contribution in [-0.4, -0.2) is 20.0 Å². The number of carbonyl (C=O) groups excluding carboxylic acids is 1. The van der Waals surface area contributed by atoms with E-state index in [0.29, 0.717) is 17.1 Å². The number of rotatable bonds is 5. The van der Waals surface area contributed by atoms with Gasteiger partial charge in [0, 0.05) is 0 Å². The summed E-state index contributed by atoms with van der Waals surface area (Å²) in [5.41, 5.74) is 1.46. The number of ether oxygens (including phenoxy) is 2. The molecule has 0 unspecified atom stereocenters. The van der Waals surface area contributed by atoms with E-state index in [-0.39, 0.29) is 5.78 Å². The zero-order valence-corrected chi connectivity index (χ0v) is 11.5. The van der Waals surface area contributed by atoms with Crippen LogP contribution in [0, 0.1) is 0 Å². The van der Waals surface area contributed by atoms with Gasteiger partial charge in [-0.1, -0.05) is 36.4 Å². The van der Waals surface area contributed by atoms with Crippen LogP contribution in [0.2, 0.25) is 0 Å². The second-order valence-corrected chi connectivity index (χ2v) is 4.17. The van der Waals surface area contributed by atoms with Gasteiger partial charge in [-0.25, -0.2) is 0 Å². The lowest BCUT2D eigenvalue weighted by molar-refractivity contribution is 0.104. The van der Waals surface area contributed by atoms with E-state index in [1.54, 1.807) is 38.5 Å². The molecule has 0 N–H and O–H groups in total. The monoisotopic (exact) mass is 268 g/mol. The van der Waals surface area contributed by atoms with E-state index in [9.17, 15) is 4.79 Å². The summed E-state index contributed by atoms with van der Waals surface area (Å²) < 4.78 is 10.3. The van der Waals surface area contributed by atoms with Crippen LogP contribution in [0.5, 0.6) is 11.5 Å². The molecule has 2 aromatic rings. The van der Waals surface area contributed by atoms with Crippen LogP contribution in [0.4, 0.5) is 0 Å². The van der Waals surface area contributed by atoms with E-state index in [1.807, 2.05) is 30.3 Å². The Bertz CT molecular complexity index is 615. The van der Waals surface area contributed by atoms with Crippen LogP contribution in [0.25, 0.3) is 6.08 Å². The highest BCUT2D eigenvalue weighted by Crippen LogP contribution is 2.24. The van der Waals surface area contributed by atoms with Crippen LogP contribution < -0.4 is 9.47 Å². The molecule has 0 amide bonds. The van der Waals surface area contributed by atoms with Gasteiger partial charge in [-0.05, 0) is 29.8 Å². The Morgan fingerprint density at radius 2 is 1.75 bits per heavy atom. The SMILES string of the molecule is COc1ccc(OC)c(C(=O)/C=C/c2ccccc2)c1. The molecule has 0 saturated heterocycles. The highest BCUT2D eigenvalue weighted by atomic mass is 16.5. The first-order chi connectivity index (χ1) is 9.74. The Labute approximate surface area is 118 Å². The molecule has 0 bridgehead atoms. The summed E-state index contributed by atoms with van der Waals surface area (Å²) in [5.74, 6) is 1.04. The fourth-order valence-electron chi connectivity index (χ4n) is 1.83. The average molecular weight is 268 g/mol. The number of hydrogen-bond acceptors (Lipinski definition) is 3. The van der Waals surface area contributed by atoms with Crippen molar-refractivity contribution >= 4 is 11.9 Å². The third-order valence-corrected chi connectivity index (χ3v) is 2.90. The average Bonchev–Trinajstić information content (AvgIpc) is 2.52. The summed E-state index contributed by atoms with van der Waals surface area (Å²) in [6.07, 6.45) is 3.31. The quantitative estimate of drug-likeness (QED) is 0.614. The minimum absolute atomic E-state index is 0.121. The molecule has 0 heterocycles. The molecular weight excluding hydrogens is 252 g/mol. The minimum Gasteiger partial charge on any atom is -0.497 e. The number of benzene rings is 2. The van der Waals surface area contributed by atoms with Crippen molar-refractivity contribution in [1.29, 1.82) is 0 Å². The molecule has 0 spiro atoms. The Morgan fingerprint density at radius 1 is 1.00 bits per heavy atom. The number of ketones is 1. The highest BCUT2D eigenvalue weighted by Gasteiger charge is 2.10. The molecular formula is C17H16O3. The largest absolute Gasteiger partial charge is 0.497 e. The first kappa shape index (κ1) is 13.9. The predicted octanol–water partition coefficient (Wildman–Crippen LogP) is 3.60. The molecule has 0 aliphatic heterocycles. The van der Waals surface area contributed by atoms with Crippen molar-refractivity contribution in [3.8, 4) is 11.5 Å². The summed E-state index contributed by atoms with van der Waals surface area (Å²) in [5, 5.41) is 0. The Morgan fingerprint density at radius 3 is 2.40 bits per heavy atom. The predicted molar refractivity (Wildman–Crippen MR) is 79.4 cm³/mol. The normalized spacial score (nSPS) is 10.5. The van der Waals surface area contributed by atoms with Gasteiger partial charge in [0.05, 0.1) is 19.8 Å². The van der Waals surface area contributed by atoms with Crippen LogP contribution in [0.1, 0.15) is 15.9 Å². The Kier molecular flexibility index (Phi) is 4.56. The fourth-order valence-corrected chi connectivity index (χ4v) is 1.83. The number of carbonyl (C=O) groups is 1. The smallest absolute Gasteiger partial charge is 0.189 e. The van der Waals surface area contributed by atoms with Gasteiger partial charge in [0.2, 0.25) is 0 Å². The van der Waals surface area contributed by atoms with Crippen molar-refractivity contribution in [3.05, 3.63) is 65.7 Å². The maximum atomic E-state index is 12.2. The van der Waals surface area contributed by atoms with Crippen LogP contribution in [0.15, 0.2) is 54.6 Å². The summed E-state index contributed by atoms with van der Waals surface area (Å²) in [7, 11) is 3.11. The third-order valence-electron chi connectivity index (χ3n) is 2.90. The zero-order chi connectivity index (χ0) is 14.4. The highest BCUT2D eigenvalue weighted by molar-refractivity contribution is 6.08. The third kappa shape index (κ3) is 3.26. The van der Waals surface area contributed by atoms with E-state index in [4.69, 9.17) is 9.47 Å². The second-order valence-electron chi connectivity index (χ2n) is 4.17. The molecule has 20 heavy (non-hydrogen) atoms. The lowest BCUT2D eigenvalue weighted by Crippen LogP contribution is -1.99. The lowest BCUT2D eigenvalue weighted by atomic mass is 10.1. The van der Waals surface area contributed by atoms with Gasteiger partial charge in [-0.2, -0.15) is 0 Å². The number of methoxy groups -OCH3 is 2. The first-order valence-corrected chi connectivity index (χ1v) is 6.24. The molecule has 0 radical (unpaired) electrons. The fraction of sp³-hybridized carbons (Fsp3) is 0.118. The topological polar surface area (TPSA) is 35.5 Å². The van der Waals surface area contributed by atoms with Crippen molar-refractivity contribution < 1.29 is 14.3 Å². The van der Waals surface area contributed by atoms with E-state index < -0.39 is 0 Å². The molecule has 2 aromatic carbocycles. The van der Waals surface area contributed by atoms with Crippen molar-refractivity contribution in [2.24, 2.45) is 0 Å². The molecule has 0 saturated carbocycles. The molecule has 0 atom stereocenters. The van der Waals surface area contributed by atoms with Crippen molar-refractivity contribution in [2.75, 3.05) is 14.2 Å². The maximum absolute atomic E-state index is 12.2. The first-order valence-electron chi connectivity index (χ1n) is 6.24. The summed E-state index contributed by atoms with van der Waals surface area (Å²) in [4.78, 5) is 12.2. The van der Waals surface area contributed by atoms with E-state index in [0.717, 1.165) is 5.56 Å². The second kappa shape index (κ2) is 6.57. The molecule has 2 rings (SSSR count). The van der Waals surface area contributed by atoms with Gasteiger partial charge in [-0.3, -0.25) is 4.79 Å². The van der Waals surface area contributed by atoms with Crippen molar-refractivity contribution in [2.45, 2.75) is 0 Å². The van der Waals surface area contributed by atoms with Gasteiger partial charge in [0.15, 0.2) is 5.78 Å². The summed E-state index contributed by atoms with van der Waals surface area (Å²) in [6, 6.07) is 14.8. The van der Waals surface area contributed by atoms with E-state index >= 15 is 0 Å². The molecule has 0 aromatic heterocycles. The Hall–Kier alpha value is -2.55. The maximum Gasteiger partial charge on any atom is 0.189 e. The van der Waals surface area contributed by atoms with Crippen LogP contribution in [0.3, 0.4) is 0 Å². The van der Waals surface area contributed by atoms with Gasteiger partial charge < -0.3 is 9.47 Å². The summed E-state index contributed by atoms with van der Waals surface area (Å²) in [6.45, 7) is 0. The number of hydrogen-bond donors (Lipinski definition) is 0. The molecule has 3 nitrogen and oxygen atoms in total. The van der Waals surface area contributed by atoms with Gasteiger partial charge in [-0.15, -0.1) is 0 Å². The summed E-state index contributed by atoms with van der Waals surface area (Å²) >= 11 is 0. The van der Waals surface area contributed by atoms with E-state index in [1.165, 1.54) is 6.08 Å². The van der Waals surface area contributed by atoms with Gasteiger partial charge in [0.25, 0.3) is 0 Å². The molecule has 3 heteroatoms. The van der Waals surface area contributed by atoms with Crippen molar-refractivity contribution in [1.82, 2.24) is 0 Å². The van der Waals surface area contributed by atoms with Gasteiger partial charge in [0.1, 0.15) is 11.5 Å². The van der Waals surface area contributed by atoms with Crippen LogP contribution >= 0.6 is 0 Å².